The van der Waals surface area contributed by atoms with Gasteiger partial charge in [0.1, 0.15) is 5.78 Å². The van der Waals surface area contributed by atoms with Gasteiger partial charge in [0.15, 0.2) is 0 Å². The van der Waals surface area contributed by atoms with Crippen LogP contribution in [0, 0.1) is 23.7 Å². The van der Waals surface area contributed by atoms with Crippen LogP contribution in [0.4, 0.5) is 0 Å². The van der Waals surface area contributed by atoms with E-state index in [0.717, 1.165) is 0 Å². The Morgan fingerprint density at radius 3 is 2.22 bits per heavy atom. The van der Waals surface area contributed by atoms with Gasteiger partial charge < -0.3 is 4.90 Å². The molecule has 0 bridgehead atoms. The highest BCUT2D eigenvalue weighted by molar-refractivity contribution is 5.81. The molecule has 0 fully saturated rings. The average molecular weight is 251 g/mol. The molecule has 0 aliphatic heterocycles. The standard InChI is InChI=1S/C15H25NO2/c1-12(2)8-7-11-16(5)15(18)10-6-9-14(17)13(3)4/h12-13H,6,9-11H2,1-5H3. The van der Waals surface area contributed by atoms with Crippen molar-refractivity contribution in [1.29, 1.82) is 0 Å². The topological polar surface area (TPSA) is 37.4 Å². The van der Waals surface area contributed by atoms with E-state index < -0.39 is 0 Å². The van der Waals surface area contributed by atoms with Gasteiger partial charge in [-0.25, -0.2) is 0 Å². The zero-order valence-corrected chi connectivity index (χ0v) is 12.2. The smallest absolute Gasteiger partial charge is 0.223 e. The van der Waals surface area contributed by atoms with Gasteiger partial charge in [0.25, 0.3) is 0 Å². The second-order valence-electron chi connectivity index (χ2n) is 5.20. The first-order chi connectivity index (χ1) is 8.34. The molecule has 0 aliphatic rings. The fourth-order valence-corrected chi connectivity index (χ4v) is 1.35. The van der Waals surface area contributed by atoms with Gasteiger partial charge >= 0.3 is 0 Å². The largest absolute Gasteiger partial charge is 0.335 e. The third-order valence-electron chi connectivity index (χ3n) is 2.59. The maximum absolute atomic E-state index is 11.7. The van der Waals surface area contributed by atoms with Crippen LogP contribution in [0.1, 0.15) is 47.0 Å². The summed E-state index contributed by atoms with van der Waals surface area (Å²) < 4.78 is 0. The molecular formula is C15H25NO2. The molecule has 0 unspecified atom stereocenters. The quantitative estimate of drug-likeness (QED) is 0.680. The summed E-state index contributed by atoms with van der Waals surface area (Å²) in [5.74, 6) is 6.68. The average Bonchev–Trinajstić information content (AvgIpc) is 2.27. The highest BCUT2D eigenvalue weighted by Crippen LogP contribution is 2.05. The van der Waals surface area contributed by atoms with Crippen molar-refractivity contribution in [2.45, 2.75) is 47.0 Å². The number of ketones is 1. The second-order valence-corrected chi connectivity index (χ2v) is 5.20. The molecule has 0 radical (unpaired) electrons. The van der Waals surface area contributed by atoms with Crippen molar-refractivity contribution in [1.82, 2.24) is 4.90 Å². The molecule has 0 heterocycles. The minimum absolute atomic E-state index is 0.0598. The van der Waals surface area contributed by atoms with Gasteiger partial charge in [-0.2, -0.15) is 0 Å². The van der Waals surface area contributed by atoms with E-state index in [1.807, 2.05) is 27.7 Å². The number of hydrogen-bond donors (Lipinski definition) is 0. The Morgan fingerprint density at radius 2 is 1.72 bits per heavy atom. The molecule has 102 valence electrons. The van der Waals surface area contributed by atoms with Crippen LogP contribution in [0.3, 0.4) is 0 Å². The Balaban J connectivity index is 3.89. The fraction of sp³-hybridized carbons (Fsp3) is 0.733. The number of Topliss-reactive ketones (excluding diaryl/α,β-unsaturated/α-hetero) is 1. The molecule has 0 rings (SSSR count). The van der Waals surface area contributed by atoms with Crippen molar-refractivity contribution in [2.24, 2.45) is 11.8 Å². The van der Waals surface area contributed by atoms with E-state index in [2.05, 4.69) is 11.8 Å². The summed E-state index contributed by atoms with van der Waals surface area (Å²) in [5, 5.41) is 0. The third kappa shape index (κ3) is 7.89. The highest BCUT2D eigenvalue weighted by Gasteiger charge is 2.10. The third-order valence-corrected chi connectivity index (χ3v) is 2.59. The number of amides is 1. The number of carbonyl (C=O) groups excluding carboxylic acids is 2. The molecule has 0 saturated heterocycles. The molecule has 0 N–H and O–H groups in total. The van der Waals surface area contributed by atoms with Gasteiger partial charge in [-0.15, -0.1) is 0 Å². The van der Waals surface area contributed by atoms with Gasteiger partial charge in [-0.1, -0.05) is 39.5 Å². The lowest BCUT2D eigenvalue weighted by Crippen LogP contribution is -2.27. The molecule has 0 atom stereocenters. The molecule has 0 saturated carbocycles. The second kappa shape index (κ2) is 8.74. The van der Waals surface area contributed by atoms with Crippen LogP contribution < -0.4 is 0 Å². The molecule has 18 heavy (non-hydrogen) atoms. The Labute approximate surface area is 111 Å². The van der Waals surface area contributed by atoms with Crippen LogP contribution in [-0.2, 0) is 9.59 Å². The summed E-state index contributed by atoms with van der Waals surface area (Å²) in [6.07, 6.45) is 1.56. The first-order valence-corrected chi connectivity index (χ1v) is 6.59. The number of nitrogens with zero attached hydrogens (tertiary/aromatic N) is 1. The van der Waals surface area contributed by atoms with E-state index >= 15 is 0 Å². The van der Waals surface area contributed by atoms with E-state index in [1.54, 1.807) is 11.9 Å². The van der Waals surface area contributed by atoms with Crippen LogP contribution in [-0.4, -0.2) is 30.2 Å². The molecule has 0 aromatic heterocycles. The minimum atomic E-state index is 0.0598. The van der Waals surface area contributed by atoms with Crippen LogP contribution in [0.15, 0.2) is 0 Å². The predicted octanol–water partition coefficient (Wildman–Crippen LogP) is 2.50. The Kier molecular flexibility index (Phi) is 8.11. The molecular weight excluding hydrogens is 226 g/mol. The van der Waals surface area contributed by atoms with E-state index in [0.29, 0.717) is 31.7 Å². The number of rotatable bonds is 6. The van der Waals surface area contributed by atoms with Gasteiger partial charge in [0.05, 0.1) is 6.54 Å². The molecule has 1 amide bonds. The van der Waals surface area contributed by atoms with E-state index in [-0.39, 0.29) is 17.6 Å². The molecule has 0 aromatic rings. The first kappa shape index (κ1) is 16.7. The van der Waals surface area contributed by atoms with Crippen molar-refractivity contribution in [3.63, 3.8) is 0 Å². The predicted molar refractivity (Wildman–Crippen MR) is 73.9 cm³/mol. The van der Waals surface area contributed by atoms with Gasteiger partial charge in [-0.05, 0) is 6.42 Å². The van der Waals surface area contributed by atoms with Crippen molar-refractivity contribution >= 4 is 11.7 Å². The minimum Gasteiger partial charge on any atom is -0.335 e. The maximum Gasteiger partial charge on any atom is 0.223 e. The summed E-state index contributed by atoms with van der Waals surface area (Å²) in [5.41, 5.74) is 0. The van der Waals surface area contributed by atoms with Gasteiger partial charge in [0, 0.05) is 31.7 Å². The summed E-state index contributed by atoms with van der Waals surface area (Å²) in [4.78, 5) is 24.7. The zero-order valence-electron chi connectivity index (χ0n) is 12.2. The monoisotopic (exact) mass is 251 g/mol. The molecule has 0 aliphatic carbocycles. The van der Waals surface area contributed by atoms with Gasteiger partial charge in [0.2, 0.25) is 5.91 Å². The highest BCUT2D eigenvalue weighted by atomic mass is 16.2. The lowest BCUT2D eigenvalue weighted by Gasteiger charge is -2.13. The van der Waals surface area contributed by atoms with Crippen LogP contribution in [0.25, 0.3) is 0 Å². The lowest BCUT2D eigenvalue weighted by atomic mass is 10.0. The Morgan fingerprint density at radius 1 is 1.11 bits per heavy atom. The molecule has 3 heteroatoms. The van der Waals surface area contributed by atoms with Gasteiger partial charge in [-0.3, -0.25) is 9.59 Å². The molecule has 0 spiro atoms. The Hall–Kier alpha value is -1.30. The SMILES string of the molecule is CC(C)C#CCN(C)C(=O)CCCC(=O)C(C)C. The van der Waals surface area contributed by atoms with E-state index in [9.17, 15) is 9.59 Å². The van der Waals surface area contributed by atoms with E-state index in [4.69, 9.17) is 0 Å². The summed E-state index contributed by atoms with van der Waals surface area (Å²) in [6.45, 7) is 8.28. The summed E-state index contributed by atoms with van der Waals surface area (Å²) in [7, 11) is 1.75. The summed E-state index contributed by atoms with van der Waals surface area (Å²) in [6, 6.07) is 0. The van der Waals surface area contributed by atoms with Crippen LogP contribution in [0.5, 0.6) is 0 Å². The van der Waals surface area contributed by atoms with Crippen molar-refractivity contribution < 1.29 is 9.59 Å². The first-order valence-electron chi connectivity index (χ1n) is 6.59. The van der Waals surface area contributed by atoms with Crippen molar-refractivity contribution in [3.05, 3.63) is 0 Å². The van der Waals surface area contributed by atoms with Crippen molar-refractivity contribution in [3.8, 4) is 11.8 Å². The lowest BCUT2D eigenvalue weighted by molar-refractivity contribution is -0.129. The fourth-order valence-electron chi connectivity index (χ4n) is 1.35. The van der Waals surface area contributed by atoms with Crippen LogP contribution >= 0.6 is 0 Å². The zero-order chi connectivity index (χ0) is 14.1. The van der Waals surface area contributed by atoms with Crippen molar-refractivity contribution in [2.75, 3.05) is 13.6 Å². The Bertz CT molecular complexity index is 334. The van der Waals surface area contributed by atoms with E-state index in [1.165, 1.54) is 0 Å². The molecule has 3 nitrogen and oxygen atoms in total. The summed E-state index contributed by atoms with van der Waals surface area (Å²) >= 11 is 0. The van der Waals surface area contributed by atoms with Crippen LogP contribution in [0.2, 0.25) is 0 Å². The normalized spacial score (nSPS) is 10.2. The molecule has 0 aromatic carbocycles. The number of hydrogen-bond acceptors (Lipinski definition) is 2. The number of carbonyl (C=O) groups is 2. The maximum atomic E-state index is 11.7.